The van der Waals surface area contributed by atoms with Gasteiger partial charge in [-0.3, -0.25) is 4.98 Å². The van der Waals surface area contributed by atoms with Crippen LogP contribution in [-0.4, -0.2) is 34.8 Å². The Bertz CT molecular complexity index is 1440. The summed E-state index contributed by atoms with van der Waals surface area (Å²) in [4.78, 5) is 15.7. The number of fused-ring (bicyclic) bond motifs is 2. The highest BCUT2D eigenvalue weighted by Gasteiger charge is 2.19. The summed E-state index contributed by atoms with van der Waals surface area (Å²) in [7, 11) is 0. The first kappa shape index (κ1) is 19.1. The maximum atomic E-state index is 14.8. The van der Waals surface area contributed by atoms with Crippen LogP contribution in [0.2, 0.25) is 0 Å². The number of ether oxygens (including phenoxy) is 1. The van der Waals surface area contributed by atoms with Gasteiger partial charge in [0.25, 0.3) is 0 Å². The summed E-state index contributed by atoms with van der Waals surface area (Å²) in [6.45, 7) is 3.24. The van der Waals surface area contributed by atoms with Crippen LogP contribution in [0.3, 0.4) is 0 Å². The van der Waals surface area contributed by atoms with Crippen molar-refractivity contribution < 1.29 is 18.6 Å². The number of nitrogens with one attached hydrogen (secondary N) is 1. The van der Waals surface area contributed by atoms with Crippen LogP contribution in [0.25, 0.3) is 33.3 Å². The molecule has 0 saturated carbocycles. The van der Waals surface area contributed by atoms with Crippen LogP contribution in [0.1, 0.15) is 19.0 Å². The van der Waals surface area contributed by atoms with Crippen LogP contribution in [0, 0.1) is 18.6 Å². The number of imidazole rings is 1. The van der Waals surface area contributed by atoms with Gasteiger partial charge < -0.3 is 14.8 Å². The van der Waals surface area contributed by atoms with Crippen molar-refractivity contribution in [2.24, 2.45) is 0 Å². The molecule has 0 aliphatic carbocycles. The van der Waals surface area contributed by atoms with Gasteiger partial charge in [0, 0.05) is 23.9 Å². The zero-order valence-electron chi connectivity index (χ0n) is 16.5. The molecule has 3 aromatic heterocycles. The van der Waals surface area contributed by atoms with Crippen molar-refractivity contribution >= 4 is 22.1 Å². The van der Waals surface area contributed by atoms with Gasteiger partial charge in [0.2, 0.25) is 5.75 Å². The number of aromatic amines is 1. The maximum Gasteiger partial charge on any atom is 0.201 e. The Hall–Kier alpha value is -3.92. The van der Waals surface area contributed by atoms with Crippen molar-refractivity contribution in [1.29, 1.82) is 0 Å². The monoisotopic (exact) mass is 422 g/mol. The molecule has 0 amide bonds. The van der Waals surface area contributed by atoms with E-state index in [-0.39, 0.29) is 16.8 Å². The SMILES string of the molecule is Cc1nc2c(F)c(Oc3ccc4ncc(-c5cnn(C(C)O)c5)nc4c3)c(F)cc2[nH]1. The number of hydrogen-bond donors (Lipinski definition) is 2. The minimum Gasteiger partial charge on any atom is -0.451 e. The molecular formula is C21H16F2N6O2. The summed E-state index contributed by atoms with van der Waals surface area (Å²) in [6, 6.07) is 5.89. The predicted octanol–water partition coefficient (Wildman–Crippen LogP) is 4.26. The Labute approximate surface area is 174 Å². The average Bonchev–Trinajstić information content (AvgIpc) is 3.37. The number of aliphatic hydroxyl groups excluding tert-OH is 1. The lowest BCUT2D eigenvalue weighted by Crippen LogP contribution is -2.03. The van der Waals surface area contributed by atoms with Gasteiger partial charge in [-0.2, -0.15) is 5.10 Å². The maximum absolute atomic E-state index is 14.8. The van der Waals surface area contributed by atoms with Gasteiger partial charge in [-0.25, -0.2) is 23.4 Å². The van der Waals surface area contributed by atoms with Crippen LogP contribution < -0.4 is 4.74 Å². The van der Waals surface area contributed by atoms with Gasteiger partial charge in [-0.1, -0.05) is 0 Å². The van der Waals surface area contributed by atoms with Gasteiger partial charge >= 0.3 is 0 Å². The topological polar surface area (TPSA) is 102 Å². The molecule has 31 heavy (non-hydrogen) atoms. The summed E-state index contributed by atoms with van der Waals surface area (Å²) in [5.41, 5.74) is 2.51. The lowest BCUT2D eigenvalue weighted by atomic mass is 10.2. The summed E-state index contributed by atoms with van der Waals surface area (Å²) in [5.74, 6) is -1.61. The fraction of sp³-hybridized carbons (Fsp3) is 0.143. The average molecular weight is 422 g/mol. The molecule has 5 rings (SSSR count). The number of H-pyrrole nitrogens is 1. The van der Waals surface area contributed by atoms with Crippen LogP contribution in [0.4, 0.5) is 8.78 Å². The van der Waals surface area contributed by atoms with Crippen molar-refractivity contribution in [2.45, 2.75) is 20.1 Å². The molecule has 0 fully saturated rings. The Balaban J connectivity index is 1.53. The number of nitrogens with zero attached hydrogens (tertiary/aromatic N) is 5. The van der Waals surface area contributed by atoms with E-state index >= 15 is 0 Å². The third-order valence-electron chi connectivity index (χ3n) is 4.76. The Morgan fingerprint density at radius 2 is 1.97 bits per heavy atom. The third kappa shape index (κ3) is 3.36. The zero-order valence-corrected chi connectivity index (χ0v) is 16.5. The molecule has 0 spiro atoms. The number of halogens is 2. The van der Waals surface area contributed by atoms with Crippen molar-refractivity contribution in [3.8, 4) is 22.8 Å². The smallest absolute Gasteiger partial charge is 0.201 e. The van der Waals surface area contributed by atoms with E-state index in [4.69, 9.17) is 4.74 Å². The summed E-state index contributed by atoms with van der Waals surface area (Å²) in [6.07, 6.45) is 4.02. The Morgan fingerprint density at radius 3 is 2.74 bits per heavy atom. The minimum atomic E-state index is -0.884. The normalized spacial score (nSPS) is 12.5. The van der Waals surface area contributed by atoms with Gasteiger partial charge in [-0.05, 0) is 26.0 Å². The quantitative estimate of drug-likeness (QED) is 0.449. The number of aryl methyl sites for hydroxylation is 1. The van der Waals surface area contributed by atoms with Crippen LogP contribution in [0.5, 0.6) is 11.5 Å². The predicted molar refractivity (Wildman–Crippen MR) is 109 cm³/mol. The highest BCUT2D eigenvalue weighted by Crippen LogP contribution is 2.33. The highest BCUT2D eigenvalue weighted by molar-refractivity contribution is 5.80. The summed E-state index contributed by atoms with van der Waals surface area (Å²) >= 11 is 0. The molecule has 3 heterocycles. The van der Waals surface area contributed by atoms with E-state index < -0.39 is 23.6 Å². The molecule has 8 nitrogen and oxygen atoms in total. The molecule has 0 radical (unpaired) electrons. The van der Waals surface area contributed by atoms with Gasteiger partial charge in [0.1, 0.15) is 23.3 Å². The standard InChI is InChI=1S/C21H16F2N6O2/c1-10-26-17-6-14(22)21(19(23)20(17)27-10)31-13-3-4-15-16(5-13)28-18(8-24-15)12-7-25-29(9-12)11(2)30/h3-9,11,30H,1-2H3,(H,26,27). The van der Waals surface area contributed by atoms with E-state index in [0.29, 0.717) is 28.1 Å². The van der Waals surface area contributed by atoms with Gasteiger partial charge in [0.05, 0.1) is 34.6 Å². The molecule has 0 saturated heterocycles. The first-order valence-corrected chi connectivity index (χ1v) is 9.40. The molecule has 5 aromatic rings. The molecule has 0 bridgehead atoms. The Kier molecular flexibility index (Phi) is 4.36. The lowest BCUT2D eigenvalue weighted by molar-refractivity contribution is 0.111. The fourth-order valence-corrected chi connectivity index (χ4v) is 3.27. The van der Waals surface area contributed by atoms with Crippen molar-refractivity contribution in [3.63, 3.8) is 0 Å². The fourth-order valence-electron chi connectivity index (χ4n) is 3.27. The van der Waals surface area contributed by atoms with Crippen molar-refractivity contribution in [1.82, 2.24) is 29.7 Å². The van der Waals surface area contributed by atoms with Crippen LogP contribution >= 0.6 is 0 Å². The van der Waals surface area contributed by atoms with E-state index in [1.807, 2.05) is 0 Å². The molecule has 1 atom stereocenters. The second kappa shape index (κ2) is 7.10. The van der Waals surface area contributed by atoms with E-state index in [1.165, 1.54) is 4.68 Å². The molecule has 1 unspecified atom stereocenters. The molecule has 156 valence electrons. The molecule has 10 heteroatoms. The van der Waals surface area contributed by atoms with E-state index in [2.05, 4.69) is 25.0 Å². The lowest BCUT2D eigenvalue weighted by Gasteiger charge is -2.09. The second-order valence-corrected chi connectivity index (χ2v) is 7.07. The first-order chi connectivity index (χ1) is 14.9. The number of rotatable bonds is 4. The van der Waals surface area contributed by atoms with Gasteiger partial charge in [0.15, 0.2) is 11.6 Å². The summed E-state index contributed by atoms with van der Waals surface area (Å²) < 4.78 is 36.2. The number of aromatic nitrogens is 6. The molecule has 0 aliphatic rings. The van der Waals surface area contributed by atoms with Crippen LogP contribution in [-0.2, 0) is 0 Å². The molecule has 2 aromatic carbocycles. The van der Waals surface area contributed by atoms with E-state index in [0.717, 1.165) is 6.07 Å². The highest BCUT2D eigenvalue weighted by atomic mass is 19.1. The Morgan fingerprint density at radius 1 is 1.13 bits per heavy atom. The molecule has 2 N–H and O–H groups in total. The van der Waals surface area contributed by atoms with Crippen molar-refractivity contribution in [3.05, 3.63) is 60.3 Å². The third-order valence-corrected chi connectivity index (χ3v) is 4.76. The molecule has 0 aliphatic heterocycles. The minimum absolute atomic E-state index is 0.00638. The number of hydrogen-bond acceptors (Lipinski definition) is 6. The van der Waals surface area contributed by atoms with E-state index in [1.54, 1.807) is 50.6 Å². The molecular weight excluding hydrogens is 406 g/mol. The van der Waals surface area contributed by atoms with Crippen LogP contribution in [0.15, 0.2) is 42.9 Å². The van der Waals surface area contributed by atoms with E-state index in [9.17, 15) is 13.9 Å². The largest absolute Gasteiger partial charge is 0.451 e. The van der Waals surface area contributed by atoms with Crippen molar-refractivity contribution in [2.75, 3.05) is 0 Å². The first-order valence-electron chi connectivity index (χ1n) is 9.40. The number of benzene rings is 2. The number of aliphatic hydroxyl groups is 1. The summed E-state index contributed by atoms with van der Waals surface area (Å²) in [5, 5.41) is 13.7. The second-order valence-electron chi connectivity index (χ2n) is 7.07. The van der Waals surface area contributed by atoms with Gasteiger partial charge in [-0.15, -0.1) is 0 Å². The zero-order chi connectivity index (χ0) is 21.7.